The highest BCUT2D eigenvalue weighted by Gasteiger charge is 2.18. The Bertz CT molecular complexity index is 287. The predicted molar refractivity (Wildman–Crippen MR) is 59.4 cm³/mol. The van der Waals surface area contributed by atoms with Gasteiger partial charge in [0.05, 0.1) is 12.7 Å². The molecule has 3 heteroatoms. The Labute approximate surface area is 90.8 Å². The van der Waals surface area contributed by atoms with E-state index in [0.29, 0.717) is 17.4 Å². The summed E-state index contributed by atoms with van der Waals surface area (Å²) >= 11 is 0. The summed E-state index contributed by atoms with van der Waals surface area (Å²) in [6.07, 6.45) is 5.03. The zero-order valence-electron chi connectivity index (χ0n) is 9.74. The SMILES string of the molecule is CC.COC(=O)C1=CC(C)CC=C1C=O. The van der Waals surface area contributed by atoms with Gasteiger partial charge >= 0.3 is 5.97 Å². The fourth-order valence-corrected chi connectivity index (χ4v) is 1.28. The van der Waals surface area contributed by atoms with Gasteiger partial charge in [0, 0.05) is 5.57 Å². The van der Waals surface area contributed by atoms with Crippen molar-refractivity contribution in [2.75, 3.05) is 7.11 Å². The Morgan fingerprint density at radius 1 is 1.53 bits per heavy atom. The Morgan fingerprint density at radius 2 is 2.13 bits per heavy atom. The molecule has 0 N–H and O–H groups in total. The van der Waals surface area contributed by atoms with Crippen LogP contribution in [0.3, 0.4) is 0 Å². The van der Waals surface area contributed by atoms with E-state index < -0.39 is 5.97 Å². The van der Waals surface area contributed by atoms with E-state index >= 15 is 0 Å². The summed E-state index contributed by atoms with van der Waals surface area (Å²) < 4.78 is 4.56. The Morgan fingerprint density at radius 3 is 2.60 bits per heavy atom. The second-order valence-electron chi connectivity index (χ2n) is 3.06. The minimum Gasteiger partial charge on any atom is -0.465 e. The Balaban J connectivity index is 0.000000921. The normalized spacial score (nSPS) is 19.1. The number of esters is 1. The van der Waals surface area contributed by atoms with E-state index in [1.165, 1.54) is 7.11 Å². The topological polar surface area (TPSA) is 43.4 Å². The van der Waals surface area contributed by atoms with Gasteiger partial charge in [-0.05, 0) is 12.3 Å². The molecule has 15 heavy (non-hydrogen) atoms. The van der Waals surface area contributed by atoms with Crippen molar-refractivity contribution in [3.63, 3.8) is 0 Å². The minimum absolute atomic E-state index is 0.290. The van der Waals surface area contributed by atoms with Crippen molar-refractivity contribution < 1.29 is 14.3 Å². The number of hydrogen-bond donors (Lipinski definition) is 0. The number of ether oxygens (including phenoxy) is 1. The molecule has 0 saturated heterocycles. The van der Waals surface area contributed by atoms with E-state index in [2.05, 4.69) is 4.74 Å². The van der Waals surface area contributed by atoms with Crippen LogP contribution in [-0.2, 0) is 14.3 Å². The lowest BCUT2D eigenvalue weighted by Gasteiger charge is -2.13. The molecular weight excluding hydrogens is 192 g/mol. The quantitative estimate of drug-likeness (QED) is 0.518. The average molecular weight is 210 g/mol. The van der Waals surface area contributed by atoms with Gasteiger partial charge in [0.15, 0.2) is 6.29 Å². The van der Waals surface area contributed by atoms with Gasteiger partial charge in [-0.2, -0.15) is 0 Å². The molecule has 1 aliphatic carbocycles. The fraction of sp³-hybridized carbons (Fsp3) is 0.500. The average Bonchev–Trinajstić information content (AvgIpc) is 2.30. The third-order valence-corrected chi connectivity index (χ3v) is 2.00. The zero-order valence-corrected chi connectivity index (χ0v) is 9.74. The van der Waals surface area contributed by atoms with E-state index in [9.17, 15) is 9.59 Å². The van der Waals surface area contributed by atoms with Gasteiger partial charge in [0.1, 0.15) is 0 Å². The number of carbonyl (C=O) groups excluding carboxylic acids is 2. The number of methoxy groups -OCH3 is 1. The van der Waals surface area contributed by atoms with Crippen LogP contribution >= 0.6 is 0 Å². The molecule has 0 saturated carbocycles. The van der Waals surface area contributed by atoms with Crippen LogP contribution in [-0.4, -0.2) is 19.4 Å². The molecule has 0 spiro atoms. The predicted octanol–water partition coefficient (Wildman–Crippen LogP) is 2.28. The summed E-state index contributed by atoms with van der Waals surface area (Å²) in [6.45, 7) is 5.99. The van der Waals surface area contributed by atoms with Crippen LogP contribution in [0.5, 0.6) is 0 Å². The van der Waals surface area contributed by atoms with Gasteiger partial charge < -0.3 is 4.74 Å². The lowest BCUT2D eigenvalue weighted by molar-refractivity contribution is -0.136. The minimum atomic E-state index is -0.440. The Hall–Kier alpha value is -1.38. The van der Waals surface area contributed by atoms with Crippen LogP contribution in [0.15, 0.2) is 23.3 Å². The molecular formula is C12H18O3. The molecule has 0 fully saturated rings. The smallest absolute Gasteiger partial charge is 0.338 e. The number of carbonyl (C=O) groups is 2. The van der Waals surface area contributed by atoms with Gasteiger partial charge in [-0.15, -0.1) is 0 Å². The van der Waals surface area contributed by atoms with Crippen molar-refractivity contribution in [2.24, 2.45) is 5.92 Å². The molecule has 0 aromatic carbocycles. The molecule has 1 atom stereocenters. The maximum absolute atomic E-state index is 11.2. The third-order valence-electron chi connectivity index (χ3n) is 2.00. The lowest BCUT2D eigenvalue weighted by Crippen LogP contribution is -2.12. The van der Waals surface area contributed by atoms with Crippen molar-refractivity contribution in [3.05, 3.63) is 23.3 Å². The molecule has 0 radical (unpaired) electrons. The van der Waals surface area contributed by atoms with Crippen molar-refractivity contribution in [1.29, 1.82) is 0 Å². The van der Waals surface area contributed by atoms with E-state index in [4.69, 9.17) is 0 Å². The molecule has 0 aromatic heterocycles. The van der Waals surface area contributed by atoms with Crippen molar-refractivity contribution in [1.82, 2.24) is 0 Å². The number of allylic oxidation sites excluding steroid dienone is 2. The summed E-state index contributed by atoms with van der Waals surface area (Å²) in [5, 5.41) is 0. The van der Waals surface area contributed by atoms with Gasteiger partial charge in [-0.25, -0.2) is 4.79 Å². The maximum atomic E-state index is 11.2. The summed E-state index contributed by atoms with van der Waals surface area (Å²) in [6, 6.07) is 0. The van der Waals surface area contributed by atoms with Gasteiger partial charge in [-0.1, -0.05) is 32.9 Å². The van der Waals surface area contributed by atoms with Crippen LogP contribution in [0.2, 0.25) is 0 Å². The van der Waals surface area contributed by atoms with Crippen LogP contribution in [0.1, 0.15) is 27.2 Å². The second kappa shape index (κ2) is 6.98. The van der Waals surface area contributed by atoms with Gasteiger partial charge in [-0.3, -0.25) is 4.79 Å². The highest BCUT2D eigenvalue weighted by molar-refractivity contribution is 6.02. The summed E-state index contributed by atoms with van der Waals surface area (Å²) in [5.41, 5.74) is 0.821. The van der Waals surface area contributed by atoms with Crippen LogP contribution < -0.4 is 0 Å². The molecule has 3 nitrogen and oxygen atoms in total. The molecule has 1 rings (SSSR count). The molecule has 0 bridgehead atoms. The fourth-order valence-electron chi connectivity index (χ4n) is 1.28. The first-order valence-electron chi connectivity index (χ1n) is 5.15. The second-order valence-corrected chi connectivity index (χ2v) is 3.06. The van der Waals surface area contributed by atoms with E-state index in [-0.39, 0.29) is 5.92 Å². The third kappa shape index (κ3) is 3.70. The van der Waals surface area contributed by atoms with Crippen molar-refractivity contribution in [2.45, 2.75) is 27.2 Å². The van der Waals surface area contributed by atoms with E-state index in [1.54, 1.807) is 12.2 Å². The van der Waals surface area contributed by atoms with Crippen molar-refractivity contribution >= 4 is 12.3 Å². The molecule has 84 valence electrons. The van der Waals surface area contributed by atoms with Gasteiger partial charge in [0.2, 0.25) is 0 Å². The first kappa shape index (κ1) is 13.6. The maximum Gasteiger partial charge on any atom is 0.338 e. The molecule has 1 aliphatic rings. The standard InChI is InChI=1S/C10H12O3.C2H6/c1-7-3-4-8(6-11)9(5-7)10(12)13-2;1-2/h4-7H,3H2,1-2H3;1-2H3. The molecule has 1 unspecified atom stereocenters. The Kier molecular flexibility index (Phi) is 6.34. The lowest BCUT2D eigenvalue weighted by atomic mass is 9.92. The van der Waals surface area contributed by atoms with Crippen LogP contribution in [0, 0.1) is 5.92 Å². The summed E-state index contributed by atoms with van der Waals surface area (Å²) in [7, 11) is 1.31. The highest BCUT2D eigenvalue weighted by atomic mass is 16.5. The molecule has 0 aromatic rings. The number of rotatable bonds is 2. The number of aldehydes is 1. The highest BCUT2D eigenvalue weighted by Crippen LogP contribution is 2.22. The largest absolute Gasteiger partial charge is 0.465 e. The molecule has 0 amide bonds. The number of hydrogen-bond acceptors (Lipinski definition) is 3. The first-order chi connectivity index (χ1) is 7.19. The zero-order chi connectivity index (χ0) is 11.8. The van der Waals surface area contributed by atoms with Crippen LogP contribution in [0.25, 0.3) is 0 Å². The van der Waals surface area contributed by atoms with E-state index in [0.717, 1.165) is 6.42 Å². The molecule has 0 aliphatic heterocycles. The summed E-state index contributed by atoms with van der Waals surface area (Å²) in [4.78, 5) is 21.8. The van der Waals surface area contributed by atoms with E-state index in [1.807, 2.05) is 20.8 Å². The van der Waals surface area contributed by atoms with Crippen LogP contribution in [0.4, 0.5) is 0 Å². The van der Waals surface area contributed by atoms with Gasteiger partial charge in [0.25, 0.3) is 0 Å². The van der Waals surface area contributed by atoms with Crippen molar-refractivity contribution in [3.8, 4) is 0 Å². The summed E-state index contributed by atoms with van der Waals surface area (Å²) in [5.74, 6) is -0.150. The first-order valence-corrected chi connectivity index (χ1v) is 5.15. The molecule has 0 heterocycles. The monoisotopic (exact) mass is 210 g/mol.